The average Bonchev–Trinajstić information content (AvgIpc) is 3.67. The van der Waals surface area contributed by atoms with Crippen LogP contribution in [0.3, 0.4) is 0 Å². The lowest BCUT2D eigenvalue weighted by Crippen LogP contribution is -2.52. The van der Waals surface area contributed by atoms with Gasteiger partial charge in [0, 0.05) is 62.3 Å². The molecule has 0 saturated carbocycles. The Morgan fingerprint density at radius 2 is 1.07 bits per heavy atom. The van der Waals surface area contributed by atoms with E-state index in [4.69, 9.17) is 9.47 Å². The Labute approximate surface area is 310 Å². The van der Waals surface area contributed by atoms with Crippen molar-refractivity contribution in [3.05, 3.63) is 81.9 Å². The number of hydrogen-bond donors (Lipinski definition) is 4. The fourth-order valence-electron chi connectivity index (χ4n) is 6.80. The van der Waals surface area contributed by atoms with E-state index in [0.29, 0.717) is 33.4 Å². The fourth-order valence-corrected chi connectivity index (χ4v) is 6.80. The number of nitrogens with zero attached hydrogens (tertiary/aromatic N) is 2. The Morgan fingerprint density at radius 1 is 0.648 bits per heavy atom. The van der Waals surface area contributed by atoms with Crippen molar-refractivity contribution in [2.24, 2.45) is 0 Å². The zero-order valence-corrected chi connectivity index (χ0v) is 29.4. The first-order chi connectivity index (χ1) is 26.1. The highest BCUT2D eigenvalue weighted by atomic mass is 16.5. The molecule has 0 bridgehead atoms. The van der Waals surface area contributed by atoms with E-state index in [-0.39, 0.29) is 114 Å². The molecule has 4 heterocycles. The Balaban J connectivity index is 0.835. The fraction of sp³-hybridized carbons (Fsp3) is 0.368. The molecule has 2 aromatic carbocycles. The van der Waals surface area contributed by atoms with Crippen molar-refractivity contribution in [3.63, 3.8) is 0 Å². The highest BCUT2D eigenvalue weighted by Gasteiger charge is 2.41. The minimum absolute atomic E-state index is 0.169. The van der Waals surface area contributed by atoms with Gasteiger partial charge in [0.15, 0.2) is 0 Å². The molecule has 8 amide bonds. The molecule has 4 N–H and O–H groups in total. The first-order valence-corrected chi connectivity index (χ1v) is 17.7. The topological polar surface area (TPSA) is 210 Å². The van der Waals surface area contributed by atoms with Crippen LogP contribution in [-0.2, 0) is 51.3 Å². The van der Waals surface area contributed by atoms with Gasteiger partial charge in [-0.2, -0.15) is 0 Å². The highest BCUT2D eigenvalue weighted by molar-refractivity contribution is 6.07. The van der Waals surface area contributed by atoms with Crippen molar-refractivity contribution in [1.29, 1.82) is 0 Å². The van der Waals surface area contributed by atoms with Gasteiger partial charge in [-0.1, -0.05) is 24.3 Å². The second kappa shape index (κ2) is 17.2. The van der Waals surface area contributed by atoms with Gasteiger partial charge in [0.25, 0.3) is 11.8 Å². The number of hydrogen-bond acceptors (Lipinski definition) is 10. The molecule has 4 aliphatic rings. The summed E-state index contributed by atoms with van der Waals surface area (Å²) in [4.78, 5) is 101. The number of carbonyl (C=O) groups excluding carboxylic acids is 8. The van der Waals surface area contributed by atoms with Crippen LogP contribution in [0.1, 0.15) is 68.7 Å². The molecule has 2 aromatic rings. The van der Waals surface area contributed by atoms with Crippen LogP contribution >= 0.6 is 0 Å². The number of piperidine rings is 2. The molecule has 2 unspecified atom stereocenters. The quantitative estimate of drug-likeness (QED) is 0.111. The van der Waals surface area contributed by atoms with Crippen LogP contribution in [0, 0.1) is 0 Å². The second-order valence-electron chi connectivity index (χ2n) is 13.0. The van der Waals surface area contributed by atoms with Crippen LogP contribution in [0.4, 0.5) is 0 Å². The highest BCUT2D eigenvalue weighted by Crippen LogP contribution is 2.31. The van der Waals surface area contributed by atoms with Gasteiger partial charge in [-0.15, -0.1) is 0 Å². The van der Waals surface area contributed by atoms with E-state index in [9.17, 15) is 38.4 Å². The molecule has 54 heavy (non-hydrogen) atoms. The minimum Gasteiger partial charge on any atom is -0.377 e. The van der Waals surface area contributed by atoms with Crippen molar-refractivity contribution in [2.45, 2.75) is 50.9 Å². The number of benzene rings is 2. The molecular weight excluding hydrogens is 700 g/mol. The van der Waals surface area contributed by atoms with Gasteiger partial charge in [-0.25, -0.2) is 0 Å². The summed E-state index contributed by atoms with van der Waals surface area (Å²) >= 11 is 0. The van der Waals surface area contributed by atoms with E-state index < -0.39 is 23.9 Å². The standard InChI is InChI=1S/C38H40N6O10/c45-31(11-7-23-3-1-5-25-27(23)21-43(37(25)51)29-9-13-33(47)41-35(29)49)39-15-17-53-19-20-54-18-16-40-32(46)12-8-24-4-2-6-26-28(24)22-44(38(26)52)30-10-14-34(48)42-36(30)50/h1-8,11-12,29-30H,9-10,13-22H2,(H,39,45)(H,40,46)(H,41,47,49)(H,42,48,50)/b11-7+,12-8+. The lowest BCUT2D eigenvalue weighted by molar-refractivity contribution is -0.138. The van der Waals surface area contributed by atoms with Gasteiger partial charge in [-0.05, 0) is 59.4 Å². The molecule has 0 aliphatic carbocycles. The maximum absolute atomic E-state index is 13.0. The first kappa shape index (κ1) is 37.7. The van der Waals surface area contributed by atoms with E-state index >= 15 is 0 Å². The molecule has 16 nitrogen and oxygen atoms in total. The number of fused-ring (bicyclic) bond motifs is 2. The Kier molecular flexibility index (Phi) is 12.0. The molecule has 2 atom stereocenters. The van der Waals surface area contributed by atoms with Crippen LogP contribution in [0.25, 0.3) is 12.2 Å². The third-order valence-corrected chi connectivity index (χ3v) is 9.53. The van der Waals surface area contributed by atoms with Crippen molar-refractivity contribution in [1.82, 2.24) is 31.1 Å². The normalized spacial score (nSPS) is 19.7. The summed E-state index contributed by atoms with van der Waals surface area (Å²) in [6, 6.07) is 8.93. The van der Waals surface area contributed by atoms with Gasteiger partial charge < -0.3 is 29.9 Å². The van der Waals surface area contributed by atoms with Crippen LogP contribution in [0.15, 0.2) is 48.6 Å². The minimum atomic E-state index is -0.718. The second-order valence-corrected chi connectivity index (χ2v) is 13.0. The SMILES string of the molecule is O=C(/C=C/c1cccc2c1CN(C1CCC(=O)NC1=O)C2=O)NCCOCCOCCNC(=O)/C=C/c1cccc2c1CN(C1CCC(=O)NC1=O)C2=O. The zero-order chi connectivity index (χ0) is 38.2. The third kappa shape index (κ3) is 8.78. The first-order valence-electron chi connectivity index (χ1n) is 17.7. The average molecular weight is 741 g/mol. The number of rotatable bonds is 15. The molecule has 16 heteroatoms. The maximum atomic E-state index is 13.0. The van der Waals surface area contributed by atoms with Crippen LogP contribution in [-0.4, -0.2) is 109 Å². The van der Waals surface area contributed by atoms with Gasteiger partial charge in [0.2, 0.25) is 35.4 Å². The molecule has 4 aliphatic heterocycles. The smallest absolute Gasteiger partial charge is 0.255 e. The maximum Gasteiger partial charge on any atom is 0.255 e. The molecule has 0 aromatic heterocycles. The monoisotopic (exact) mass is 740 g/mol. The van der Waals surface area contributed by atoms with Crippen LogP contribution < -0.4 is 21.3 Å². The molecule has 6 rings (SSSR count). The van der Waals surface area contributed by atoms with Gasteiger partial charge >= 0.3 is 0 Å². The summed E-state index contributed by atoms with van der Waals surface area (Å²) in [5.74, 6) is -2.92. The zero-order valence-electron chi connectivity index (χ0n) is 29.4. The summed E-state index contributed by atoms with van der Waals surface area (Å²) in [7, 11) is 0. The Hall–Kier alpha value is -6.00. The van der Waals surface area contributed by atoms with Crippen LogP contribution in [0.2, 0.25) is 0 Å². The van der Waals surface area contributed by atoms with Crippen molar-refractivity contribution in [3.8, 4) is 0 Å². The van der Waals surface area contributed by atoms with Crippen molar-refractivity contribution < 1.29 is 47.8 Å². The summed E-state index contributed by atoms with van der Waals surface area (Å²) in [5, 5.41) is 10.0. The van der Waals surface area contributed by atoms with Crippen molar-refractivity contribution in [2.75, 3.05) is 39.5 Å². The molecule has 2 saturated heterocycles. The Morgan fingerprint density at radius 3 is 1.48 bits per heavy atom. The third-order valence-electron chi connectivity index (χ3n) is 9.53. The van der Waals surface area contributed by atoms with Crippen LogP contribution in [0.5, 0.6) is 0 Å². The number of nitrogens with one attached hydrogen (secondary N) is 4. The van der Waals surface area contributed by atoms with E-state index in [0.717, 1.165) is 0 Å². The van der Waals surface area contributed by atoms with Gasteiger partial charge in [0.05, 0.1) is 26.4 Å². The number of amides is 8. The lowest BCUT2D eigenvalue weighted by Gasteiger charge is -2.29. The summed E-state index contributed by atoms with van der Waals surface area (Å²) in [5.41, 5.74) is 3.72. The summed E-state index contributed by atoms with van der Waals surface area (Å²) < 4.78 is 11.0. The summed E-state index contributed by atoms with van der Waals surface area (Å²) in [6.45, 7) is 1.99. The van der Waals surface area contributed by atoms with Gasteiger partial charge in [0.1, 0.15) is 12.1 Å². The summed E-state index contributed by atoms with van der Waals surface area (Å²) in [6.07, 6.45) is 6.85. The van der Waals surface area contributed by atoms with E-state index in [1.165, 1.54) is 22.0 Å². The number of carbonyl (C=O) groups is 8. The molecule has 0 spiro atoms. The Bertz CT molecular complexity index is 1800. The van der Waals surface area contributed by atoms with E-state index in [2.05, 4.69) is 21.3 Å². The van der Waals surface area contributed by atoms with Gasteiger partial charge in [-0.3, -0.25) is 49.0 Å². The molecule has 282 valence electrons. The molecule has 2 fully saturated rings. The number of imide groups is 2. The lowest BCUT2D eigenvalue weighted by atomic mass is 10.0. The largest absolute Gasteiger partial charge is 0.377 e. The van der Waals surface area contributed by atoms with Crippen molar-refractivity contribution >= 4 is 59.4 Å². The van der Waals surface area contributed by atoms with E-state index in [1.807, 2.05) is 0 Å². The molecular formula is C38H40N6O10. The van der Waals surface area contributed by atoms with E-state index in [1.54, 1.807) is 48.6 Å². The number of ether oxygens (including phenoxy) is 2. The molecule has 0 radical (unpaired) electrons. The predicted octanol–water partition coefficient (Wildman–Crippen LogP) is 0.201. The predicted molar refractivity (Wildman–Crippen MR) is 191 cm³/mol.